The van der Waals surface area contributed by atoms with Gasteiger partial charge in [0, 0.05) is 0 Å². The van der Waals surface area contributed by atoms with E-state index in [1.807, 2.05) is 18.2 Å². The number of hydrogen-bond acceptors (Lipinski definition) is 3. The minimum Gasteiger partial charge on any atom is -0.355 e. The Morgan fingerprint density at radius 1 is 1.06 bits per heavy atom. The van der Waals surface area contributed by atoms with Crippen molar-refractivity contribution in [1.29, 1.82) is 0 Å². The molecule has 2 N–H and O–H groups in total. The van der Waals surface area contributed by atoms with Gasteiger partial charge in [0.1, 0.15) is 6.79 Å². The summed E-state index contributed by atoms with van der Waals surface area (Å²) in [4.78, 5) is 0. The molecule has 0 heterocycles. The summed E-state index contributed by atoms with van der Waals surface area (Å²) in [5, 5.41) is 0. The summed E-state index contributed by atoms with van der Waals surface area (Å²) in [6.45, 7) is 2.57. The van der Waals surface area contributed by atoms with Crippen LogP contribution in [0.5, 0.6) is 0 Å². The number of ether oxygens (including phenoxy) is 2. The molecular weight excluding hydrogens is 226 g/mol. The van der Waals surface area contributed by atoms with Crippen LogP contribution in [0.2, 0.25) is 0 Å². The van der Waals surface area contributed by atoms with Crippen LogP contribution in [-0.2, 0) is 16.1 Å². The van der Waals surface area contributed by atoms with Crippen LogP contribution < -0.4 is 5.73 Å². The molecule has 0 aliphatic heterocycles. The molecule has 3 heteroatoms. The third-order valence-electron chi connectivity index (χ3n) is 3.73. The smallest absolute Gasteiger partial charge is 0.147 e. The van der Waals surface area contributed by atoms with Gasteiger partial charge in [-0.3, -0.25) is 0 Å². The Labute approximate surface area is 109 Å². The molecule has 0 saturated heterocycles. The normalized spacial score (nSPS) is 23.4. The van der Waals surface area contributed by atoms with Crippen LogP contribution in [0.3, 0.4) is 0 Å². The van der Waals surface area contributed by atoms with Gasteiger partial charge in [0.15, 0.2) is 0 Å². The second-order valence-electron chi connectivity index (χ2n) is 5.01. The van der Waals surface area contributed by atoms with E-state index in [4.69, 9.17) is 15.2 Å². The lowest BCUT2D eigenvalue weighted by molar-refractivity contribution is -0.0743. The Morgan fingerprint density at radius 3 is 2.61 bits per heavy atom. The lowest BCUT2D eigenvalue weighted by atomic mass is 9.97. The highest BCUT2D eigenvalue weighted by Crippen LogP contribution is 2.30. The third-order valence-corrected chi connectivity index (χ3v) is 3.73. The summed E-state index contributed by atoms with van der Waals surface area (Å²) in [5.41, 5.74) is 6.93. The number of rotatable bonds is 7. The molecule has 2 atom stereocenters. The molecule has 2 unspecified atom stereocenters. The zero-order valence-corrected chi connectivity index (χ0v) is 10.9. The maximum absolute atomic E-state index is 5.74. The van der Waals surface area contributed by atoms with E-state index in [1.165, 1.54) is 24.8 Å². The zero-order chi connectivity index (χ0) is 12.6. The minimum absolute atomic E-state index is 0.378. The van der Waals surface area contributed by atoms with Gasteiger partial charge in [-0.25, -0.2) is 0 Å². The van der Waals surface area contributed by atoms with Gasteiger partial charge in [-0.2, -0.15) is 0 Å². The maximum Gasteiger partial charge on any atom is 0.147 e. The highest BCUT2D eigenvalue weighted by atomic mass is 16.7. The zero-order valence-electron chi connectivity index (χ0n) is 10.9. The summed E-state index contributed by atoms with van der Waals surface area (Å²) in [6, 6.07) is 10.2. The van der Waals surface area contributed by atoms with Gasteiger partial charge in [0.25, 0.3) is 0 Å². The second-order valence-corrected chi connectivity index (χ2v) is 5.01. The van der Waals surface area contributed by atoms with Gasteiger partial charge < -0.3 is 15.2 Å². The summed E-state index contributed by atoms with van der Waals surface area (Å²) in [5.74, 6) is 1.29. The quantitative estimate of drug-likeness (QED) is 0.596. The van der Waals surface area contributed by atoms with Crippen molar-refractivity contribution in [1.82, 2.24) is 0 Å². The predicted molar refractivity (Wildman–Crippen MR) is 71.9 cm³/mol. The van der Waals surface area contributed by atoms with Crippen molar-refractivity contribution < 1.29 is 9.47 Å². The van der Waals surface area contributed by atoms with Crippen LogP contribution in [0.25, 0.3) is 0 Å². The molecule has 1 aromatic carbocycles. The number of hydrogen-bond donors (Lipinski definition) is 1. The minimum atomic E-state index is 0.378. The Hall–Kier alpha value is -0.900. The van der Waals surface area contributed by atoms with Gasteiger partial charge >= 0.3 is 0 Å². The average molecular weight is 249 g/mol. The molecule has 2 rings (SSSR count). The fourth-order valence-electron chi connectivity index (χ4n) is 2.64. The van der Waals surface area contributed by atoms with Crippen LogP contribution in [0.4, 0.5) is 0 Å². The molecular formula is C15H23NO2. The van der Waals surface area contributed by atoms with Crippen molar-refractivity contribution in [3.63, 3.8) is 0 Å². The van der Waals surface area contributed by atoms with Crippen molar-refractivity contribution in [3.8, 4) is 0 Å². The van der Waals surface area contributed by atoms with Crippen molar-refractivity contribution in [2.24, 2.45) is 17.6 Å². The first-order valence-corrected chi connectivity index (χ1v) is 6.79. The van der Waals surface area contributed by atoms with Crippen LogP contribution in [-0.4, -0.2) is 19.9 Å². The first-order valence-electron chi connectivity index (χ1n) is 6.79. The Balaban J connectivity index is 1.56. The maximum atomic E-state index is 5.74. The molecule has 1 aliphatic carbocycles. The van der Waals surface area contributed by atoms with Crippen molar-refractivity contribution in [2.75, 3.05) is 19.9 Å². The Morgan fingerprint density at radius 2 is 1.83 bits per heavy atom. The fourth-order valence-corrected chi connectivity index (χ4v) is 2.64. The molecule has 1 fully saturated rings. The molecule has 100 valence electrons. The van der Waals surface area contributed by atoms with Crippen LogP contribution in [0.1, 0.15) is 24.8 Å². The summed E-state index contributed by atoms with van der Waals surface area (Å²) < 4.78 is 11.1. The molecule has 18 heavy (non-hydrogen) atoms. The van der Waals surface area contributed by atoms with Gasteiger partial charge in [-0.1, -0.05) is 36.8 Å². The van der Waals surface area contributed by atoms with Crippen molar-refractivity contribution in [2.45, 2.75) is 25.9 Å². The first kappa shape index (κ1) is 13.5. The van der Waals surface area contributed by atoms with Crippen LogP contribution in [0, 0.1) is 11.8 Å². The lowest BCUT2D eigenvalue weighted by Crippen LogP contribution is -2.22. The predicted octanol–water partition coefficient (Wildman–Crippen LogP) is 2.55. The van der Waals surface area contributed by atoms with E-state index in [0.29, 0.717) is 25.2 Å². The first-order chi connectivity index (χ1) is 8.90. The molecule has 0 spiro atoms. The van der Waals surface area contributed by atoms with Gasteiger partial charge in [0.2, 0.25) is 0 Å². The van der Waals surface area contributed by atoms with E-state index in [9.17, 15) is 0 Å². The highest BCUT2D eigenvalue weighted by Gasteiger charge is 2.25. The molecule has 0 aromatic heterocycles. The molecule has 0 bridgehead atoms. The van der Waals surface area contributed by atoms with Gasteiger partial charge in [-0.15, -0.1) is 0 Å². The summed E-state index contributed by atoms with van der Waals surface area (Å²) in [6.07, 6.45) is 3.80. The lowest BCUT2D eigenvalue weighted by Gasteiger charge is -2.17. The second kappa shape index (κ2) is 7.52. The highest BCUT2D eigenvalue weighted by molar-refractivity contribution is 5.13. The molecule has 0 radical (unpaired) electrons. The van der Waals surface area contributed by atoms with E-state index in [2.05, 4.69) is 12.1 Å². The standard InChI is InChI=1S/C15H23NO2/c16-9-14-7-4-8-15(14)11-18-12-17-10-13-5-2-1-3-6-13/h1-3,5-6,14-15H,4,7-12,16H2. The van der Waals surface area contributed by atoms with E-state index in [-0.39, 0.29) is 0 Å². The Kier molecular flexibility index (Phi) is 5.65. The van der Waals surface area contributed by atoms with Crippen molar-refractivity contribution in [3.05, 3.63) is 35.9 Å². The Bertz CT molecular complexity index is 329. The van der Waals surface area contributed by atoms with E-state index < -0.39 is 0 Å². The SMILES string of the molecule is NCC1CCCC1COCOCc1ccccc1. The third kappa shape index (κ3) is 4.09. The molecule has 3 nitrogen and oxygen atoms in total. The molecule has 1 saturated carbocycles. The van der Waals surface area contributed by atoms with E-state index in [1.54, 1.807) is 0 Å². The fraction of sp³-hybridized carbons (Fsp3) is 0.600. The van der Waals surface area contributed by atoms with E-state index in [0.717, 1.165) is 13.2 Å². The van der Waals surface area contributed by atoms with Gasteiger partial charge in [0.05, 0.1) is 13.2 Å². The summed E-state index contributed by atoms with van der Waals surface area (Å²) >= 11 is 0. The average Bonchev–Trinajstić information content (AvgIpc) is 2.87. The topological polar surface area (TPSA) is 44.5 Å². The van der Waals surface area contributed by atoms with E-state index >= 15 is 0 Å². The summed E-state index contributed by atoms with van der Waals surface area (Å²) in [7, 11) is 0. The monoisotopic (exact) mass is 249 g/mol. The molecule has 0 amide bonds. The number of nitrogens with two attached hydrogens (primary N) is 1. The number of benzene rings is 1. The molecule has 1 aromatic rings. The van der Waals surface area contributed by atoms with Gasteiger partial charge in [-0.05, 0) is 36.8 Å². The molecule has 1 aliphatic rings. The van der Waals surface area contributed by atoms with Crippen LogP contribution >= 0.6 is 0 Å². The van der Waals surface area contributed by atoms with Crippen LogP contribution in [0.15, 0.2) is 30.3 Å². The van der Waals surface area contributed by atoms with Crippen molar-refractivity contribution >= 4 is 0 Å². The largest absolute Gasteiger partial charge is 0.355 e.